The maximum Gasteiger partial charge on any atom is 0.348 e. The number of aromatic carboxylic acids is 1. The summed E-state index contributed by atoms with van der Waals surface area (Å²) >= 11 is 1.14. The Bertz CT molecular complexity index is 592. The molecule has 1 heterocycles. The molecule has 0 saturated carbocycles. The first-order chi connectivity index (χ1) is 8.49. The van der Waals surface area contributed by atoms with Gasteiger partial charge in [0.25, 0.3) is 0 Å². The summed E-state index contributed by atoms with van der Waals surface area (Å²) in [6, 6.07) is 5.82. The van der Waals surface area contributed by atoms with E-state index in [0.717, 1.165) is 16.3 Å². The number of rotatable bonds is 3. The van der Waals surface area contributed by atoms with Crippen molar-refractivity contribution in [1.82, 2.24) is 4.98 Å². The van der Waals surface area contributed by atoms with Gasteiger partial charge in [-0.3, -0.25) is 0 Å². The first-order valence-electron chi connectivity index (χ1n) is 5.49. The van der Waals surface area contributed by atoms with Gasteiger partial charge in [0.1, 0.15) is 10.7 Å². The molecule has 3 nitrogen and oxygen atoms in total. The summed E-state index contributed by atoms with van der Waals surface area (Å²) in [6.45, 7) is 3.89. The smallest absolute Gasteiger partial charge is 0.348 e. The van der Waals surface area contributed by atoms with E-state index < -0.39 is 11.8 Å². The van der Waals surface area contributed by atoms with Gasteiger partial charge in [0.2, 0.25) is 0 Å². The standard InChI is InChI=1S/C13H12FNO2S/c1-7(2)12-15-10(11(18-12)13(16)17)8-4-3-5-9(14)6-8/h3-7H,1-2H3,(H,16,17). The predicted octanol–water partition coefficient (Wildman–Crippen LogP) is 3.77. The van der Waals surface area contributed by atoms with Crippen LogP contribution in [0, 0.1) is 5.82 Å². The summed E-state index contributed by atoms with van der Waals surface area (Å²) in [5, 5.41) is 9.91. The van der Waals surface area contributed by atoms with Crippen molar-refractivity contribution in [3.63, 3.8) is 0 Å². The van der Waals surface area contributed by atoms with Gasteiger partial charge in [-0.2, -0.15) is 0 Å². The second-order valence-corrected chi connectivity index (χ2v) is 5.23. The van der Waals surface area contributed by atoms with E-state index in [1.54, 1.807) is 12.1 Å². The van der Waals surface area contributed by atoms with E-state index in [2.05, 4.69) is 4.98 Å². The number of carboxylic acids is 1. The molecule has 18 heavy (non-hydrogen) atoms. The molecule has 0 saturated heterocycles. The molecule has 1 aromatic carbocycles. The van der Waals surface area contributed by atoms with Gasteiger partial charge in [0, 0.05) is 11.5 Å². The normalized spacial score (nSPS) is 10.9. The Hall–Kier alpha value is -1.75. The molecule has 0 fully saturated rings. The molecule has 2 aromatic rings. The minimum Gasteiger partial charge on any atom is -0.477 e. The van der Waals surface area contributed by atoms with Crippen molar-refractivity contribution in [2.75, 3.05) is 0 Å². The second kappa shape index (κ2) is 4.86. The summed E-state index contributed by atoms with van der Waals surface area (Å²) < 4.78 is 13.2. The molecule has 2 rings (SSSR count). The molecule has 0 aliphatic rings. The highest BCUT2D eigenvalue weighted by molar-refractivity contribution is 7.14. The lowest BCUT2D eigenvalue weighted by molar-refractivity contribution is 0.0702. The van der Waals surface area contributed by atoms with Crippen molar-refractivity contribution in [3.8, 4) is 11.3 Å². The average molecular weight is 265 g/mol. The maximum atomic E-state index is 13.2. The van der Waals surface area contributed by atoms with Gasteiger partial charge in [0.05, 0.1) is 10.7 Å². The molecule has 0 atom stereocenters. The van der Waals surface area contributed by atoms with Gasteiger partial charge < -0.3 is 5.11 Å². The van der Waals surface area contributed by atoms with Crippen LogP contribution in [-0.4, -0.2) is 16.1 Å². The fourth-order valence-electron chi connectivity index (χ4n) is 1.56. The summed E-state index contributed by atoms with van der Waals surface area (Å²) in [4.78, 5) is 15.7. The van der Waals surface area contributed by atoms with E-state index in [4.69, 9.17) is 5.11 Å². The van der Waals surface area contributed by atoms with E-state index in [0.29, 0.717) is 11.3 Å². The number of hydrogen-bond donors (Lipinski definition) is 1. The molecule has 0 spiro atoms. The molecule has 0 amide bonds. The predicted molar refractivity (Wildman–Crippen MR) is 68.6 cm³/mol. The molecule has 5 heteroatoms. The van der Waals surface area contributed by atoms with E-state index >= 15 is 0 Å². The van der Waals surface area contributed by atoms with Gasteiger partial charge in [-0.1, -0.05) is 26.0 Å². The van der Waals surface area contributed by atoms with Gasteiger partial charge in [-0.25, -0.2) is 14.2 Å². The van der Waals surface area contributed by atoms with Gasteiger partial charge in [0.15, 0.2) is 0 Å². The van der Waals surface area contributed by atoms with E-state index in [-0.39, 0.29) is 10.8 Å². The van der Waals surface area contributed by atoms with Crippen LogP contribution in [0.3, 0.4) is 0 Å². The SMILES string of the molecule is CC(C)c1nc(-c2cccc(F)c2)c(C(=O)O)s1. The topological polar surface area (TPSA) is 50.2 Å². The van der Waals surface area contributed by atoms with E-state index in [1.807, 2.05) is 13.8 Å². The summed E-state index contributed by atoms with van der Waals surface area (Å²) in [5.74, 6) is -1.28. The highest BCUT2D eigenvalue weighted by Crippen LogP contribution is 2.31. The van der Waals surface area contributed by atoms with Gasteiger partial charge in [-0.15, -0.1) is 11.3 Å². The second-order valence-electron chi connectivity index (χ2n) is 4.20. The highest BCUT2D eigenvalue weighted by Gasteiger charge is 2.20. The minimum absolute atomic E-state index is 0.149. The Morgan fingerprint density at radius 1 is 1.44 bits per heavy atom. The number of aromatic nitrogens is 1. The Kier molecular flexibility index (Phi) is 3.43. The van der Waals surface area contributed by atoms with Crippen molar-refractivity contribution < 1.29 is 14.3 Å². The number of nitrogens with zero attached hydrogens (tertiary/aromatic N) is 1. The molecular weight excluding hydrogens is 253 g/mol. The first-order valence-corrected chi connectivity index (χ1v) is 6.30. The number of hydrogen-bond acceptors (Lipinski definition) is 3. The molecule has 0 aliphatic heterocycles. The summed E-state index contributed by atoms with van der Waals surface area (Å²) in [6.07, 6.45) is 0. The third-order valence-electron chi connectivity index (χ3n) is 2.43. The van der Waals surface area contributed by atoms with Crippen molar-refractivity contribution >= 4 is 17.3 Å². The largest absolute Gasteiger partial charge is 0.477 e. The van der Waals surface area contributed by atoms with Crippen molar-refractivity contribution in [2.45, 2.75) is 19.8 Å². The molecule has 0 aliphatic carbocycles. The molecule has 1 N–H and O–H groups in total. The zero-order valence-corrected chi connectivity index (χ0v) is 10.8. The average Bonchev–Trinajstić information content (AvgIpc) is 2.73. The lowest BCUT2D eigenvalue weighted by Crippen LogP contribution is -1.95. The van der Waals surface area contributed by atoms with E-state index in [1.165, 1.54) is 12.1 Å². The first kappa shape index (κ1) is 12.7. The number of thiazole rings is 1. The highest BCUT2D eigenvalue weighted by atomic mass is 32.1. The zero-order chi connectivity index (χ0) is 13.3. The summed E-state index contributed by atoms with van der Waals surface area (Å²) in [5.41, 5.74) is 0.839. The molecule has 94 valence electrons. The summed E-state index contributed by atoms with van der Waals surface area (Å²) in [7, 11) is 0. The van der Waals surface area contributed by atoms with Crippen molar-refractivity contribution in [2.24, 2.45) is 0 Å². The zero-order valence-electron chi connectivity index (χ0n) is 9.98. The Morgan fingerprint density at radius 3 is 2.72 bits per heavy atom. The van der Waals surface area contributed by atoms with Crippen molar-refractivity contribution in [1.29, 1.82) is 0 Å². The van der Waals surface area contributed by atoms with Gasteiger partial charge in [-0.05, 0) is 12.1 Å². The lowest BCUT2D eigenvalue weighted by Gasteiger charge is -1.99. The lowest BCUT2D eigenvalue weighted by atomic mass is 10.1. The van der Waals surface area contributed by atoms with Gasteiger partial charge >= 0.3 is 5.97 Å². The van der Waals surface area contributed by atoms with Crippen LogP contribution in [0.4, 0.5) is 4.39 Å². The molecule has 0 unspecified atom stereocenters. The van der Waals surface area contributed by atoms with Crippen LogP contribution in [0.5, 0.6) is 0 Å². The molecular formula is C13H12FNO2S. The molecule has 1 aromatic heterocycles. The third kappa shape index (κ3) is 2.41. The number of halogens is 1. The Morgan fingerprint density at radius 2 is 2.17 bits per heavy atom. The quantitative estimate of drug-likeness (QED) is 0.919. The Balaban J connectivity index is 2.58. The monoisotopic (exact) mass is 265 g/mol. The van der Waals surface area contributed by atoms with E-state index in [9.17, 15) is 9.18 Å². The van der Waals surface area contributed by atoms with Crippen molar-refractivity contribution in [3.05, 3.63) is 40.0 Å². The van der Waals surface area contributed by atoms with Crippen LogP contribution >= 0.6 is 11.3 Å². The van der Waals surface area contributed by atoms with Crippen LogP contribution in [0.1, 0.15) is 34.4 Å². The van der Waals surface area contributed by atoms with Crippen LogP contribution in [0.15, 0.2) is 24.3 Å². The number of carbonyl (C=O) groups is 1. The molecule has 0 bridgehead atoms. The fraction of sp³-hybridized carbons (Fsp3) is 0.231. The number of carboxylic acid groups (broad SMARTS) is 1. The maximum absolute atomic E-state index is 13.2. The third-order valence-corrected chi connectivity index (χ3v) is 3.77. The van der Waals surface area contributed by atoms with Crippen LogP contribution in [0.25, 0.3) is 11.3 Å². The molecule has 0 radical (unpaired) electrons. The van der Waals surface area contributed by atoms with Crippen LogP contribution < -0.4 is 0 Å². The Labute approximate surface area is 108 Å². The number of benzene rings is 1. The van der Waals surface area contributed by atoms with Crippen LogP contribution in [-0.2, 0) is 0 Å². The minimum atomic E-state index is -1.03. The van der Waals surface area contributed by atoms with Crippen LogP contribution in [0.2, 0.25) is 0 Å². The fourth-order valence-corrected chi connectivity index (χ4v) is 2.49.